The number of piperazine rings is 1. The Bertz CT molecular complexity index is 157. The Hall–Kier alpha value is -0.120. The fourth-order valence-electron chi connectivity index (χ4n) is 1.81. The summed E-state index contributed by atoms with van der Waals surface area (Å²) in [7, 11) is 2.17. The molecule has 0 aromatic carbocycles. The molecule has 0 radical (unpaired) electrons. The van der Waals surface area contributed by atoms with Crippen LogP contribution < -0.4 is 0 Å². The van der Waals surface area contributed by atoms with E-state index in [2.05, 4.69) is 16.8 Å². The largest absolute Gasteiger partial charge is 0.390 e. The first-order chi connectivity index (χ1) is 6.47. The molecule has 1 aliphatic heterocycles. The molecule has 0 bridgehead atoms. The number of rotatable bonds is 4. The minimum absolute atomic E-state index is 0.493. The summed E-state index contributed by atoms with van der Waals surface area (Å²) in [5, 5.41) is 9.56. The maximum Gasteiger partial charge on any atom is 0.0592 e. The number of hydrogen-bond acceptors (Lipinski definition) is 3. The lowest BCUT2D eigenvalue weighted by Gasteiger charge is -2.32. The van der Waals surface area contributed by atoms with Crippen molar-refractivity contribution >= 4 is 0 Å². The van der Waals surface area contributed by atoms with E-state index in [1.165, 1.54) is 26.2 Å². The Balaban J connectivity index is 2.08. The normalized spacial score (nSPS) is 21.4. The number of likely N-dealkylation sites (N-methyl/N-ethyl adjacent to an activating group) is 1. The molecule has 1 heterocycles. The van der Waals surface area contributed by atoms with Crippen molar-refractivity contribution < 1.29 is 5.11 Å². The zero-order valence-electron chi connectivity index (χ0n) is 9.79. The van der Waals surface area contributed by atoms with Crippen molar-refractivity contribution in [3.05, 3.63) is 0 Å². The van der Waals surface area contributed by atoms with Crippen LogP contribution in [0.5, 0.6) is 0 Å². The van der Waals surface area contributed by atoms with E-state index < -0.39 is 5.60 Å². The maximum atomic E-state index is 9.56. The van der Waals surface area contributed by atoms with Crippen LogP contribution in [0.2, 0.25) is 0 Å². The first kappa shape index (κ1) is 12.0. The Morgan fingerprint density at radius 2 is 1.71 bits per heavy atom. The van der Waals surface area contributed by atoms with Gasteiger partial charge in [-0.1, -0.05) is 0 Å². The molecular formula is C11H24N2O. The van der Waals surface area contributed by atoms with Gasteiger partial charge in [-0.15, -0.1) is 0 Å². The molecule has 0 spiro atoms. The van der Waals surface area contributed by atoms with Crippen molar-refractivity contribution in [1.29, 1.82) is 0 Å². The molecule has 0 unspecified atom stereocenters. The van der Waals surface area contributed by atoms with E-state index in [1.807, 2.05) is 13.8 Å². The van der Waals surface area contributed by atoms with E-state index >= 15 is 0 Å². The van der Waals surface area contributed by atoms with Crippen LogP contribution in [0.3, 0.4) is 0 Å². The van der Waals surface area contributed by atoms with Crippen LogP contribution in [0.15, 0.2) is 0 Å². The number of hydrogen-bond donors (Lipinski definition) is 1. The Labute approximate surface area is 87.7 Å². The first-order valence-corrected chi connectivity index (χ1v) is 5.61. The third kappa shape index (κ3) is 4.94. The average molecular weight is 200 g/mol. The molecule has 1 fully saturated rings. The van der Waals surface area contributed by atoms with Gasteiger partial charge in [-0.2, -0.15) is 0 Å². The van der Waals surface area contributed by atoms with Gasteiger partial charge in [0.05, 0.1) is 5.60 Å². The zero-order valence-corrected chi connectivity index (χ0v) is 9.79. The highest BCUT2D eigenvalue weighted by atomic mass is 16.3. The summed E-state index contributed by atoms with van der Waals surface area (Å²) in [6.45, 7) is 9.64. The summed E-state index contributed by atoms with van der Waals surface area (Å²) in [5.41, 5.74) is -0.493. The zero-order chi connectivity index (χ0) is 10.6. The van der Waals surface area contributed by atoms with Crippen LogP contribution in [-0.4, -0.2) is 60.3 Å². The van der Waals surface area contributed by atoms with Gasteiger partial charge in [0.25, 0.3) is 0 Å². The van der Waals surface area contributed by atoms with Crippen LogP contribution in [0.4, 0.5) is 0 Å². The lowest BCUT2D eigenvalue weighted by atomic mass is 10.0. The van der Waals surface area contributed by atoms with Gasteiger partial charge in [0, 0.05) is 26.2 Å². The van der Waals surface area contributed by atoms with Crippen LogP contribution >= 0.6 is 0 Å². The molecule has 0 aromatic heterocycles. The van der Waals surface area contributed by atoms with Gasteiger partial charge in [0.2, 0.25) is 0 Å². The first-order valence-electron chi connectivity index (χ1n) is 5.61. The van der Waals surface area contributed by atoms with Crippen molar-refractivity contribution in [2.75, 3.05) is 39.8 Å². The van der Waals surface area contributed by atoms with E-state index in [0.29, 0.717) is 0 Å². The smallest absolute Gasteiger partial charge is 0.0592 e. The average Bonchev–Trinajstić information content (AvgIpc) is 2.06. The minimum atomic E-state index is -0.493. The van der Waals surface area contributed by atoms with E-state index in [1.54, 1.807) is 0 Å². The molecule has 0 saturated carbocycles. The quantitative estimate of drug-likeness (QED) is 0.726. The molecule has 14 heavy (non-hydrogen) atoms. The predicted octanol–water partition coefficient (Wildman–Crippen LogP) is 0.785. The summed E-state index contributed by atoms with van der Waals surface area (Å²) in [5.74, 6) is 0. The van der Waals surface area contributed by atoms with Crippen LogP contribution in [0, 0.1) is 0 Å². The second-order valence-corrected chi connectivity index (χ2v) is 5.06. The topological polar surface area (TPSA) is 26.7 Å². The number of nitrogens with zero attached hydrogens (tertiary/aromatic N) is 2. The summed E-state index contributed by atoms with van der Waals surface area (Å²) >= 11 is 0. The molecule has 0 aromatic rings. The minimum Gasteiger partial charge on any atom is -0.390 e. The highest BCUT2D eigenvalue weighted by Crippen LogP contribution is 2.11. The highest BCUT2D eigenvalue weighted by Gasteiger charge is 2.15. The summed E-state index contributed by atoms with van der Waals surface area (Å²) in [6.07, 6.45) is 2.01. The molecule has 3 heteroatoms. The van der Waals surface area contributed by atoms with Gasteiger partial charge in [-0.25, -0.2) is 0 Å². The molecule has 1 rings (SSSR count). The molecule has 0 aliphatic carbocycles. The standard InChI is InChI=1S/C11H24N2O/c1-11(2,14)5-4-6-13-9-7-12(3)8-10-13/h14H,4-10H2,1-3H3. The van der Waals surface area contributed by atoms with Gasteiger partial charge in [-0.05, 0) is 40.3 Å². The fraction of sp³-hybridized carbons (Fsp3) is 1.00. The molecular weight excluding hydrogens is 176 g/mol. The van der Waals surface area contributed by atoms with Crippen molar-refractivity contribution in [2.45, 2.75) is 32.3 Å². The van der Waals surface area contributed by atoms with Gasteiger partial charge in [0.1, 0.15) is 0 Å². The van der Waals surface area contributed by atoms with Gasteiger partial charge < -0.3 is 14.9 Å². The highest BCUT2D eigenvalue weighted by molar-refractivity contribution is 4.71. The third-order valence-corrected chi connectivity index (χ3v) is 2.86. The Morgan fingerprint density at radius 1 is 1.14 bits per heavy atom. The van der Waals surface area contributed by atoms with E-state index in [9.17, 15) is 5.11 Å². The van der Waals surface area contributed by atoms with Crippen molar-refractivity contribution in [2.24, 2.45) is 0 Å². The SMILES string of the molecule is CN1CCN(CCCC(C)(C)O)CC1. The molecule has 84 valence electrons. The van der Waals surface area contributed by atoms with E-state index in [-0.39, 0.29) is 0 Å². The molecule has 0 amide bonds. The summed E-state index contributed by atoms with van der Waals surface area (Å²) in [6, 6.07) is 0. The van der Waals surface area contributed by atoms with Crippen molar-refractivity contribution in [3.63, 3.8) is 0 Å². The molecule has 1 aliphatic rings. The monoisotopic (exact) mass is 200 g/mol. The summed E-state index contributed by atoms with van der Waals surface area (Å²) in [4.78, 5) is 4.86. The molecule has 3 nitrogen and oxygen atoms in total. The Morgan fingerprint density at radius 3 is 2.21 bits per heavy atom. The van der Waals surface area contributed by atoms with Crippen LogP contribution in [0.25, 0.3) is 0 Å². The lowest BCUT2D eigenvalue weighted by molar-refractivity contribution is 0.0620. The second-order valence-electron chi connectivity index (χ2n) is 5.06. The molecule has 1 N–H and O–H groups in total. The second kappa shape index (κ2) is 5.10. The third-order valence-electron chi connectivity index (χ3n) is 2.86. The molecule has 1 saturated heterocycles. The summed E-state index contributed by atoms with van der Waals surface area (Å²) < 4.78 is 0. The van der Waals surface area contributed by atoms with E-state index in [4.69, 9.17) is 0 Å². The van der Waals surface area contributed by atoms with E-state index in [0.717, 1.165) is 19.4 Å². The van der Waals surface area contributed by atoms with Gasteiger partial charge >= 0.3 is 0 Å². The van der Waals surface area contributed by atoms with Gasteiger partial charge in [-0.3, -0.25) is 0 Å². The van der Waals surface area contributed by atoms with Gasteiger partial charge in [0.15, 0.2) is 0 Å². The maximum absolute atomic E-state index is 9.56. The lowest BCUT2D eigenvalue weighted by Crippen LogP contribution is -2.44. The number of aliphatic hydroxyl groups is 1. The van der Waals surface area contributed by atoms with Crippen molar-refractivity contribution in [3.8, 4) is 0 Å². The van der Waals surface area contributed by atoms with Crippen LogP contribution in [-0.2, 0) is 0 Å². The predicted molar refractivity (Wildman–Crippen MR) is 59.5 cm³/mol. The molecule has 0 atom stereocenters. The van der Waals surface area contributed by atoms with Crippen LogP contribution in [0.1, 0.15) is 26.7 Å². The van der Waals surface area contributed by atoms with Crippen molar-refractivity contribution in [1.82, 2.24) is 9.80 Å². The Kier molecular flexibility index (Phi) is 4.35. The fourth-order valence-corrected chi connectivity index (χ4v) is 1.81.